The van der Waals surface area contributed by atoms with E-state index in [4.69, 9.17) is 4.74 Å². The van der Waals surface area contributed by atoms with E-state index in [1.807, 2.05) is 48.5 Å². The van der Waals surface area contributed by atoms with Crippen LogP contribution < -0.4 is 5.32 Å². The minimum absolute atomic E-state index is 0.0288. The summed E-state index contributed by atoms with van der Waals surface area (Å²) in [6.07, 6.45) is -0.519. The summed E-state index contributed by atoms with van der Waals surface area (Å²) in [5, 5.41) is 13.9. The van der Waals surface area contributed by atoms with Crippen LogP contribution in [0.1, 0.15) is 17.2 Å². The first-order valence-corrected chi connectivity index (χ1v) is 7.28. The van der Waals surface area contributed by atoms with E-state index in [-0.39, 0.29) is 5.92 Å². The molecule has 0 heterocycles. The molecule has 2 N–H and O–H groups in total. The van der Waals surface area contributed by atoms with Gasteiger partial charge >= 0.3 is 0 Å². The second-order valence-corrected chi connectivity index (χ2v) is 5.19. The van der Waals surface area contributed by atoms with Gasteiger partial charge in [-0.15, -0.1) is 0 Å². The molecule has 2 atom stereocenters. The Balaban J connectivity index is 1.89. The topological polar surface area (TPSA) is 41.5 Å². The first kappa shape index (κ1) is 15.7. The molecule has 0 radical (unpaired) electrons. The van der Waals surface area contributed by atoms with Gasteiger partial charge in [-0.05, 0) is 11.1 Å². The standard InChI is InChI=1S/C18H23NO2/c1-21-14-17(18(20)16-10-6-3-7-11-16)13-19-12-15-8-4-2-5-9-15/h2-11,17-20H,12-14H2,1H3/t17-,18?/m0/s1. The van der Waals surface area contributed by atoms with Crippen molar-refractivity contribution in [1.82, 2.24) is 5.32 Å². The number of aliphatic hydroxyl groups excluding tert-OH is 1. The molecule has 3 heteroatoms. The average Bonchev–Trinajstić information content (AvgIpc) is 2.55. The van der Waals surface area contributed by atoms with Crippen LogP contribution in [0, 0.1) is 5.92 Å². The number of hydrogen-bond acceptors (Lipinski definition) is 3. The molecule has 3 nitrogen and oxygen atoms in total. The third-order valence-corrected chi connectivity index (χ3v) is 3.55. The summed E-state index contributed by atoms with van der Waals surface area (Å²) in [5.74, 6) is 0.0288. The largest absolute Gasteiger partial charge is 0.388 e. The molecule has 0 amide bonds. The van der Waals surface area contributed by atoms with Crippen molar-refractivity contribution >= 4 is 0 Å². The molecule has 0 spiro atoms. The van der Waals surface area contributed by atoms with E-state index in [1.165, 1.54) is 5.56 Å². The molecule has 1 unspecified atom stereocenters. The maximum absolute atomic E-state index is 10.5. The number of hydrogen-bond donors (Lipinski definition) is 2. The van der Waals surface area contributed by atoms with Gasteiger partial charge in [-0.3, -0.25) is 0 Å². The average molecular weight is 285 g/mol. The second-order valence-electron chi connectivity index (χ2n) is 5.19. The summed E-state index contributed by atoms with van der Waals surface area (Å²) >= 11 is 0. The molecule has 2 aromatic carbocycles. The van der Waals surface area contributed by atoms with Gasteiger partial charge in [0.1, 0.15) is 0 Å². The molecule has 112 valence electrons. The molecule has 0 fully saturated rings. The highest BCUT2D eigenvalue weighted by atomic mass is 16.5. The van der Waals surface area contributed by atoms with Crippen molar-refractivity contribution in [1.29, 1.82) is 0 Å². The number of aliphatic hydroxyl groups is 1. The van der Waals surface area contributed by atoms with Gasteiger partial charge in [0.25, 0.3) is 0 Å². The Labute approximate surface area is 126 Å². The lowest BCUT2D eigenvalue weighted by Crippen LogP contribution is -2.30. The van der Waals surface area contributed by atoms with E-state index < -0.39 is 6.10 Å². The molecular weight excluding hydrogens is 262 g/mol. The van der Waals surface area contributed by atoms with Crippen molar-refractivity contribution in [3.8, 4) is 0 Å². The number of rotatable bonds is 8. The van der Waals surface area contributed by atoms with E-state index in [0.717, 1.165) is 12.1 Å². The molecule has 0 aliphatic carbocycles. The van der Waals surface area contributed by atoms with Gasteiger partial charge in [0.05, 0.1) is 12.7 Å². The van der Waals surface area contributed by atoms with E-state index in [9.17, 15) is 5.11 Å². The van der Waals surface area contributed by atoms with Gasteiger partial charge in [-0.25, -0.2) is 0 Å². The number of nitrogens with one attached hydrogen (secondary N) is 1. The molecule has 0 saturated heterocycles. The summed E-state index contributed by atoms with van der Waals surface area (Å²) in [4.78, 5) is 0. The van der Waals surface area contributed by atoms with Crippen LogP contribution in [-0.4, -0.2) is 25.4 Å². The van der Waals surface area contributed by atoms with Crippen LogP contribution in [0.5, 0.6) is 0 Å². The molecule has 0 bridgehead atoms. The molecule has 21 heavy (non-hydrogen) atoms. The molecule has 2 aromatic rings. The van der Waals surface area contributed by atoms with E-state index >= 15 is 0 Å². The smallest absolute Gasteiger partial charge is 0.0852 e. The molecular formula is C18H23NO2. The van der Waals surface area contributed by atoms with Crippen molar-refractivity contribution in [2.24, 2.45) is 5.92 Å². The summed E-state index contributed by atoms with van der Waals surface area (Å²) in [6.45, 7) is 2.03. The maximum atomic E-state index is 10.5. The first-order chi connectivity index (χ1) is 10.3. The lowest BCUT2D eigenvalue weighted by molar-refractivity contribution is 0.0470. The third kappa shape index (κ3) is 4.97. The minimum atomic E-state index is -0.519. The van der Waals surface area contributed by atoms with E-state index in [1.54, 1.807) is 7.11 Å². The Bertz CT molecular complexity index is 501. The summed E-state index contributed by atoms with van der Waals surface area (Å²) in [6, 6.07) is 20.0. The predicted octanol–water partition coefficient (Wildman–Crippen LogP) is 2.77. The number of methoxy groups -OCH3 is 1. The Morgan fingerprint density at radius 3 is 2.24 bits per heavy atom. The highest BCUT2D eigenvalue weighted by molar-refractivity contribution is 5.18. The quantitative estimate of drug-likeness (QED) is 0.783. The van der Waals surface area contributed by atoms with Crippen molar-refractivity contribution < 1.29 is 9.84 Å². The van der Waals surface area contributed by atoms with E-state index in [0.29, 0.717) is 13.2 Å². The molecule has 0 saturated carbocycles. The van der Waals surface area contributed by atoms with Gasteiger partial charge in [-0.2, -0.15) is 0 Å². The zero-order valence-electron chi connectivity index (χ0n) is 12.4. The van der Waals surface area contributed by atoms with Crippen molar-refractivity contribution in [3.05, 3.63) is 71.8 Å². The van der Waals surface area contributed by atoms with E-state index in [2.05, 4.69) is 17.4 Å². The molecule has 2 rings (SSSR count). The van der Waals surface area contributed by atoms with Gasteiger partial charge in [0, 0.05) is 26.1 Å². The summed E-state index contributed by atoms with van der Waals surface area (Å²) in [7, 11) is 1.67. The van der Waals surface area contributed by atoms with Crippen molar-refractivity contribution in [2.45, 2.75) is 12.6 Å². The highest BCUT2D eigenvalue weighted by Gasteiger charge is 2.20. The third-order valence-electron chi connectivity index (χ3n) is 3.55. The number of benzene rings is 2. The maximum Gasteiger partial charge on any atom is 0.0852 e. The Kier molecular flexibility index (Phi) is 6.41. The van der Waals surface area contributed by atoms with Gasteiger partial charge in [0.15, 0.2) is 0 Å². The lowest BCUT2D eigenvalue weighted by Gasteiger charge is -2.23. The van der Waals surface area contributed by atoms with Gasteiger partial charge in [-0.1, -0.05) is 60.7 Å². The van der Waals surface area contributed by atoms with Crippen molar-refractivity contribution in [2.75, 3.05) is 20.3 Å². The fourth-order valence-corrected chi connectivity index (χ4v) is 2.40. The Morgan fingerprint density at radius 1 is 1.00 bits per heavy atom. The van der Waals surface area contributed by atoms with Gasteiger partial charge in [0.2, 0.25) is 0 Å². The van der Waals surface area contributed by atoms with Crippen LogP contribution in [-0.2, 0) is 11.3 Å². The lowest BCUT2D eigenvalue weighted by atomic mass is 9.96. The summed E-state index contributed by atoms with van der Waals surface area (Å²) in [5.41, 5.74) is 2.17. The SMILES string of the molecule is COC[C@H](CNCc1ccccc1)C(O)c1ccccc1. The summed E-state index contributed by atoms with van der Waals surface area (Å²) < 4.78 is 5.25. The fourth-order valence-electron chi connectivity index (χ4n) is 2.40. The van der Waals surface area contributed by atoms with Crippen LogP contribution >= 0.6 is 0 Å². The Morgan fingerprint density at radius 2 is 1.62 bits per heavy atom. The normalized spacial score (nSPS) is 13.8. The van der Waals surface area contributed by atoms with Crippen LogP contribution in [0.25, 0.3) is 0 Å². The molecule has 0 aliphatic heterocycles. The predicted molar refractivity (Wildman–Crippen MR) is 84.9 cm³/mol. The van der Waals surface area contributed by atoms with Gasteiger partial charge < -0.3 is 15.2 Å². The Hall–Kier alpha value is -1.68. The minimum Gasteiger partial charge on any atom is -0.388 e. The fraction of sp³-hybridized carbons (Fsp3) is 0.333. The first-order valence-electron chi connectivity index (χ1n) is 7.28. The zero-order chi connectivity index (χ0) is 14.9. The van der Waals surface area contributed by atoms with Crippen LogP contribution in [0.2, 0.25) is 0 Å². The molecule has 0 aliphatic rings. The van der Waals surface area contributed by atoms with Crippen LogP contribution in [0.15, 0.2) is 60.7 Å². The second kappa shape index (κ2) is 8.57. The monoisotopic (exact) mass is 285 g/mol. The number of ether oxygens (including phenoxy) is 1. The van der Waals surface area contributed by atoms with Crippen LogP contribution in [0.3, 0.4) is 0 Å². The van der Waals surface area contributed by atoms with Crippen molar-refractivity contribution in [3.63, 3.8) is 0 Å². The zero-order valence-corrected chi connectivity index (χ0v) is 12.4. The molecule has 0 aromatic heterocycles. The van der Waals surface area contributed by atoms with Crippen LogP contribution in [0.4, 0.5) is 0 Å². The highest BCUT2D eigenvalue weighted by Crippen LogP contribution is 2.21.